The molecule has 1 aromatic rings. The van der Waals surface area contributed by atoms with Gasteiger partial charge in [0.15, 0.2) is 12.1 Å². The van der Waals surface area contributed by atoms with Gasteiger partial charge in [-0.15, -0.1) is 0 Å². The fourth-order valence-corrected chi connectivity index (χ4v) is 0.895. The molecule has 0 radical (unpaired) electrons. The summed E-state index contributed by atoms with van der Waals surface area (Å²) < 4.78 is 16.7. The minimum absolute atomic E-state index is 0.0393. The van der Waals surface area contributed by atoms with E-state index in [1.54, 1.807) is 24.3 Å². The van der Waals surface area contributed by atoms with Crippen LogP contribution in [-0.4, -0.2) is 12.3 Å². The Labute approximate surface area is 86.2 Å². The summed E-state index contributed by atoms with van der Waals surface area (Å²) in [6.45, 7) is 1.88. The number of esters is 1. The third-order valence-corrected chi connectivity index (χ3v) is 1.68. The highest BCUT2D eigenvalue weighted by Crippen LogP contribution is 2.05. The van der Waals surface area contributed by atoms with Gasteiger partial charge in [0.25, 0.3) is 0 Å². The van der Waals surface area contributed by atoms with E-state index in [4.69, 9.17) is 0 Å². The maximum atomic E-state index is 12.3. The lowest BCUT2D eigenvalue weighted by atomic mass is 10.1. The first kappa shape index (κ1) is 11.1. The van der Waals surface area contributed by atoms with Gasteiger partial charge in [-0.2, -0.15) is 4.39 Å². The maximum absolute atomic E-state index is 12.3. The van der Waals surface area contributed by atoms with Crippen molar-refractivity contribution in [3.05, 3.63) is 47.5 Å². The normalized spacial score (nSPS) is 10.9. The Kier molecular flexibility index (Phi) is 3.74. The van der Waals surface area contributed by atoms with Crippen LogP contribution in [0.3, 0.4) is 0 Å². The van der Waals surface area contributed by atoms with Crippen LogP contribution in [0.15, 0.2) is 36.4 Å². The fraction of sp³-hybridized carbons (Fsp3) is 0.0909. The summed E-state index contributed by atoms with van der Waals surface area (Å²) in [5.74, 6) is -1.83. The smallest absolute Gasteiger partial charge is 0.343 e. The molecule has 0 unspecified atom stereocenters. The molecule has 0 bridgehead atoms. The summed E-state index contributed by atoms with van der Waals surface area (Å²) in [6, 6.07) is 6.58. The standard InChI is InChI=1S/C11H9FO3/c1-8-2-4-9(5-3-8)11(14)15-7-10(12)6-13/h2-7H,1H3/b10-7-. The Morgan fingerprint density at radius 3 is 2.47 bits per heavy atom. The van der Waals surface area contributed by atoms with E-state index < -0.39 is 11.8 Å². The number of hydrogen-bond donors (Lipinski definition) is 0. The molecule has 0 fully saturated rings. The summed E-state index contributed by atoms with van der Waals surface area (Å²) in [4.78, 5) is 21.1. The minimum Gasteiger partial charge on any atom is -0.428 e. The fourth-order valence-electron chi connectivity index (χ4n) is 0.895. The average molecular weight is 208 g/mol. The Morgan fingerprint density at radius 1 is 1.33 bits per heavy atom. The SMILES string of the molecule is Cc1ccc(C(=O)O/C=C(\F)C=O)cc1. The lowest BCUT2D eigenvalue weighted by Crippen LogP contribution is -2.00. The van der Waals surface area contributed by atoms with Gasteiger partial charge in [-0.1, -0.05) is 17.7 Å². The van der Waals surface area contributed by atoms with Gasteiger partial charge in [0.05, 0.1) is 5.56 Å². The quantitative estimate of drug-likeness (QED) is 0.331. The number of hydrogen-bond acceptors (Lipinski definition) is 3. The Morgan fingerprint density at radius 2 is 1.93 bits per heavy atom. The van der Waals surface area contributed by atoms with E-state index in [1.807, 2.05) is 6.92 Å². The number of carbonyl (C=O) groups is 2. The van der Waals surface area contributed by atoms with Gasteiger partial charge in [0, 0.05) is 0 Å². The van der Waals surface area contributed by atoms with Crippen molar-refractivity contribution in [2.24, 2.45) is 0 Å². The van der Waals surface area contributed by atoms with Crippen LogP contribution in [0.4, 0.5) is 4.39 Å². The molecule has 1 aromatic carbocycles. The third-order valence-electron chi connectivity index (χ3n) is 1.68. The molecule has 0 aliphatic heterocycles. The molecular weight excluding hydrogens is 199 g/mol. The molecule has 0 aromatic heterocycles. The molecular formula is C11H9FO3. The van der Waals surface area contributed by atoms with Gasteiger partial charge >= 0.3 is 5.97 Å². The second-order valence-corrected chi connectivity index (χ2v) is 2.89. The number of aryl methyl sites for hydroxylation is 1. The molecule has 78 valence electrons. The van der Waals surface area contributed by atoms with Crippen LogP contribution in [0.1, 0.15) is 15.9 Å². The molecule has 0 saturated heterocycles. The molecule has 15 heavy (non-hydrogen) atoms. The molecule has 0 N–H and O–H groups in total. The number of carbonyl (C=O) groups excluding carboxylic acids is 2. The van der Waals surface area contributed by atoms with Crippen LogP contribution in [0, 0.1) is 6.92 Å². The number of benzene rings is 1. The largest absolute Gasteiger partial charge is 0.428 e. The first-order chi connectivity index (χ1) is 7.13. The molecule has 1 rings (SSSR count). The van der Waals surface area contributed by atoms with Crippen molar-refractivity contribution < 1.29 is 18.7 Å². The Bertz CT molecular complexity index is 393. The van der Waals surface area contributed by atoms with Crippen LogP contribution in [0.25, 0.3) is 0 Å². The highest BCUT2D eigenvalue weighted by molar-refractivity contribution is 5.90. The van der Waals surface area contributed by atoms with E-state index in [9.17, 15) is 14.0 Å². The second-order valence-electron chi connectivity index (χ2n) is 2.89. The predicted molar refractivity (Wildman–Crippen MR) is 51.8 cm³/mol. The molecule has 0 atom stereocenters. The van der Waals surface area contributed by atoms with Crippen molar-refractivity contribution in [2.75, 3.05) is 0 Å². The number of halogens is 1. The van der Waals surface area contributed by atoms with Gasteiger partial charge in [0.2, 0.25) is 0 Å². The highest BCUT2D eigenvalue weighted by atomic mass is 19.1. The van der Waals surface area contributed by atoms with Gasteiger partial charge in [-0.25, -0.2) is 4.79 Å². The number of allylic oxidation sites excluding steroid dienone is 1. The number of aldehydes is 1. The summed E-state index contributed by atoms with van der Waals surface area (Å²) in [5, 5.41) is 0. The van der Waals surface area contributed by atoms with Crippen molar-refractivity contribution in [3.8, 4) is 0 Å². The first-order valence-electron chi connectivity index (χ1n) is 4.22. The Balaban J connectivity index is 2.69. The van der Waals surface area contributed by atoms with E-state index >= 15 is 0 Å². The maximum Gasteiger partial charge on any atom is 0.343 e. The molecule has 4 heteroatoms. The van der Waals surface area contributed by atoms with Crippen molar-refractivity contribution >= 4 is 12.3 Å². The highest BCUT2D eigenvalue weighted by Gasteiger charge is 2.05. The Hall–Kier alpha value is -1.97. The van der Waals surface area contributed by atoms with Crippen molar-refractivity contribution in [1.29, 1.82) is 0 Å². The van der Waals surface area contributed by atoms with E-state index in [0.717, 1.165) is 5.56 Å². The van der Waals surface area contributed by atoms with Gasteiger partial charge in [-0.3, -0.25) is 4.79 Å². The third kappa shape index (κ3) is 3.34. The predicted octanol–water partition coefficient (Wildman–Crippen LogP) is 2.16. The summed E-state index contributed by atoms with van der Waals surface area (Å²) >= 11 is 0. The molecule has 0 amide bonds. The van der Waals surface area contributed by atoms with E-state index in [-0.39, 0.29) is 6.29 Å². The number of rotatable bonds is 3. The van der Waals surface area contributed by atoms with Crippen molar-refractivity contribution in [3.63, 3.8) is 0 Å². The lowest BCUT2D eigenvalue weighted by Gasteiger charge is -1.99. The van der Waals surface area contributed by atoms with E-state index in [2.05, 4.69) is 4.74 Å². The van der Waals surface area contributed by atoms with Crippen LogP contribution >= 0.6 is 0 Å². The number of ether oxygens (including phenoxy) is 1. The molecule has 0 spiro atoms. The van der Waals surface area contributed by atoms with Crippen molar-refractivity contribution in [2.45, 2.75) is 6.92 Å². The summed E-state index contributed by atoms with van der Waals surface area (Å²) in [7, 11) is 0. The molecule has 3 nitrogen and oxygen atoms in total. The van der Waals surface area contributed by atoms with E-state index in [0.29, 0.717) is 11.8 Å². The molecule has 0 saturated carbocycles. The van der Waals surface area contributed by atoms with Gasteiger partial charge in [-0.05, 0) is 19.1 Å². The van der Waals surface area contributed by atoms with Crippen LogP contribution in [0.5, 0.6) is 0 Å². The van der Waals surface area contributed by atoms with Gasteiger partial charge in [0.1, 0.15) is 6.26 Å². The van der Waals surface area contributed by atoms with Crippen LogP contribution in [0.2, 0.25) is 0 Å². The lowest BCUT2D eigenvalue weighted by molar-refractivity contribution is -0.106. The molecule has 0 heterocycles. The van der Waals surface area contributed by atoms with E-state index in [1.165, 1.54) is 0 Å². The minimum atomic E-state index is -1.13. The van der Waals surface area contributed by atoms with Crippen molar-refractivity contribution in [1.82, 2.24) is 0 Å². The topological polar surface area (TPSA) is 43.4 Å². The second kappa shape index (κ2) is 5.05. The van der Waals surface area contributed by atoms with Crippen LogP contribution in [-0.2, 0) is 9.53 Å². The summed E-state index contributed by atoms with van der Waals surface area (Å²) in [6.07, 6.45) is 0.442. The first-order valence-corrected chi connectivity index (χ1v) is 4.22. The monoisotopic (exact) mass is 208 g/mol. The average Bonchev–Trinajstić information content (AvgIpc) is 2.26. The zero-order valence-corrected chi connectivity index (χ0v) is 8.07. The van der Waals surface area contributed by atoms with Crippen LogP contribution < -0.4 is 0 Å². The molecule has 0 aliphatic carbocycles. The van der Waals surface area contributed by atoms with Gasteiger partial charge < -0.3 is 4.74 Å². The molecule has 0 aliphatic rings. The zero-order chi connectivity index (χ0) is 11.3. The zero-order valence-electron chi connectivity index (χ0n) is 8.07. The summed E-state index contributed by atoms with van der Waals surface area (Å²) in [5.41, 5.74) is 1.30.